The number of benzene rings is 1. The van der Waals surface area contributed by atoms with E-state index in [2.05, 4.69) is 0 Å². The lowest BCUT2D eigenvalue weighted by atomic mass is 10.2. The average molecular weight is 352 g/mol. The lowest BCUT2D eigenvalue weighted by molar-refractivity contribution is -0.147. The van der Waals surface area contributed by atoms with Crippen LogP contribution in [0.4, 0.5) is 0 Å². The topological polar surface area (TPSA) is 72.9 Å². The molecular formula is C12H12Cl2NO5P. The molecule has 1 heterocycles. The molecule has 0 N–H and O–H groups in total. The molecule has 21 heavy (non-hydrogen) atoms. The van der Waals surface area contributed by atoms with E-state index in [9.17, 15) is 14.2 Å². The van der Waals surface area contributed by atoms with Crippen molar-refractivity contribution in [3.05, 3.63) is 28.8 Å². The highest BCUT2D eigenvalue weighted by Crippen LogP contribution is 2.59. The van der Waals surface area contributed by atoms with Crippen LogP contribution in [0.5, 0.6) is 5.75 Å². The number of ether oxygens (including phenoxy) is 1. The van der Waals surface area contributed by atoms with Crippen LogP contribution in [0.25, 0.3) is 0 Å². The Kier molecular flexibility index (Phi) is 4.51. The normalized spacial score (nSPS) is 21.0. The van der Waals surface area contributed by atoms with Gasteiger partial charge in [-0.05, 0) is 32.0 Å². The van der Waals surface area contributed by atoms with Gasteiger partial charge in [-0.25, -0.2) is 9.24 Å². The zero-order valence-corrected chi connectivity index (χ0v) is 13.6. The predicted molar refractivity (Wildman–Crippen MR) is 77.8 cm³/mol. The molecule has 0 bridgehead atoms. The molecule has 1 atom stereocenters. The summed E-state index contributed by atoms with van der Waals surface area (Å²) in [6.45, 7) is -1.24. The summed E-state index contributed by atoms with van der Waals surface area (Å²) in [5, 5.41) is 0.307. The number of rotatable bonds is 3. The molecule has 0 saturated heterocycles. The molecule has 1 aromatic rings. The van der Waals surface area contributed by atoms with Crippen LogP contribution in [0, 0.1) is 0 Å². The second kappa shape index (κ2) is 5.87. The number of hydrogen-bond acceptors (Lipinski definition) is 5. The van der Waals surface area contributed by atoms with Gasteiger partial charge in [0, 0.05) is 16.3 Å². The summed E-state index contributed by atoms with van der Waals surface area (Å²) >= 11 is 11.6. The summed E-state index contributed by atoms with van der Waals surface area (Å²) in [7, 11) is 0. The first-order chi connectivity index (χ1) is 9.70. The Bertz CT molecular complexity index is 649. The quantitative estimate of drug-likeness (QED) is 0.615. The third-order valence-electron chi connectivity index (χ3n) is 2.55. The first-order valence-electron chi connectivity index (χ1n) is 6.01. The Balaban J connectivity index is 2.32. The Morgan fingerprint density at radius 1 is 1.48 bits per heavy atom. The summed E-state index contributed by atoms with van der Waals surface area (Å²) in [6, 6.07) is 4.23. The van der Waals surface area contributed by atoms with Crippen LogP contribution in [0.15, 0.2) is 18.2 Å². The van der Waals surface area contributed by atoms with E-state index in [1.165, 1.54) is 18.2 Å². The number of carbonyl (C=O) groups is 2. The van der Waals surface area contributed by atoms with Crippen molar-refractivity contribution >= 4 is 41.6 Å². The fourth-order valence-electron chi connectivity index (χ4n) is 1.75. The summed E-state index contributed by atoms with van der Waals surface area (Å²) in [4.78, 5) is 24.0. The Hall–Kier alpha value is -1.23. The molecule has 114 valence electrons. The van der Waals surface area contributed by atoms with E-state index >= 15 is 0 Å². The average Bonchev–Trinajstić information content (AvgIpc) is 2.34. The second-order valence-corrected chi connectivity index (χ2v) is 7.87. The van der Waals surface area contributed by atoms with Crippen LogP contribution in [-0.4, -0.2) is 29.2 Å². The van der Waals surface area contributed by atoms with E-state index in [0.717, 1.165) is 0 Å². The zero-order valence-electron chi connectivity index (χ0n) is 11.2. The molecule has 0 spiro atoms. The van der Waals surface area contributed by atoms with Gasteiger partial charge >= 0.3 is 12.8 Å². The van der Waals surface area contributed by atoms with Crippen LogP contribution < -0.4 is 4.52 Å². The number of halogens is 2. The monoisotopic (exact) mass is 351 g/mol. The van der Waals surface area contributed by atoms with Gasteiger partial charge in [-0.15, -0.1) is 0 Å². The molecule has 1 unspecified atom stereocenters. The van der Waals surface area contributed by atoms with Crippen LogP contribution in [0.1, 0.15) is 24.2 Å². The number of nitrogens with zero attached hydrogens (tertiary/aromatic N) is 1. The number of amides is 1. The molecule has 9 heteroatoms. The van der Waals surface area contributed by atoms with Crippen LogP contribution in [0.3, 0.4) is 0 Å². The maximum Gasteiger partial charge on any atom is 0.441 e. The highest BCUT2D eigenvalue weighted by atomic mass is 35.7. The predicted octanol–water partition coefficient (Wildman–Crippen LogP) is 3.47. The van der Waals surface area contributed by atoms with Gasteiger partial charge in [-0.2, -0.15) is 0 Å². The highest BCUT2D eigenvalue weighted by Gasteiger charge is 2.43. The van der Waals surface area contributed by atoms with Crippen molar-refractivity contribution in [3.63, 3.8) is 0 Å². The van der Waals surface area contributed by atoms with Crippen LogP contribution in [-0.2, 0) is 14.1 Å². The fourth-order valence-corrected chi connectivity index (χ4v) is 3.62. The van der Waals surface area contributed by atoms with Gasteiger partial charge in [-0.3, -0.25) is 9.59 Å². The lowest BCUT2D eigenvalue weighted by Gasteiger charge is -2.31. The van der Waals surface area contributed by atoms with Crippen molar-refractivity contribution in [1.29, 1.82) is 0 Å². The molecule has 0 aliphatic carbocycles. The van der Waals surface area contributed by atoms with Crippen molar-refractivity contribution in [2.75, 3.05) is 6.54 Å². The van der Waals surface area contributed by atoms with E-state index in [1.807, 2.05) is 0 Å². The number of esters is 1. The molecule has 1 aliphatic heterocycles. The first kappa shape index (κ1) is 16.1. The van der Waals surface area contributed by atoms with E-state index in [-0.39, 0.29) is 17.4 Å². The van der Waals surface area contributed by atoms with Crippen LogP contribution >= 0.6 is 29.7 Å². The van der Waals surface area contributed by atoms with Gasteiger partial charge in [0.15, 0.2) is 0 Å². The van der Waals surface area contributed by atoms with E-state index in [0.29, 0.717) is 9.69 Å². The lowest BCUT2D eigenvalue weighted by Crippen LogP contribution is -2.37. The molecule has 1 aromatic carbocycles. The summed E-state index contributed by atoms with van der Waals surface area (Å²) in [6.07, 6.45) is -0.366. The standard InChI is InChI=1S/C12H12Cl2NO5P/c1-7(2)19-11(16)6-15-12(17)9-5-8(13)3-4-10(9)20-21(15,14)18/h3-5,7H,6H2,1-2H3. The largest absolute Gasteiger partial charge is 0.462 e. The molecule has 2 rings (SSSR count). The van der Waals surface area contributed by atoms with Gasteiger partial charge in [0.2, 0.25) is 0 Å². The van der Waals surface area contributed by atoms with Crippen molar-refractivity contribution in [2.45, 2.75) is 20.0 Å². The molecule has 0 aromatic heterocycles. The fraction of sp³-hybridized carbons (Fsp3) is 0.333. The maximum atomic E-state index is 12.3. The SMILES string of the molecule is CC(C)OC(=O)CN1C(=O)c2cc(Cl)ccc2OP1(=O)Cl. The van der Waals surface area contributed by atoms with Gasteiger partial charge in [0.05, 0.1) is 11.7 Å². The smallest absolute Gasteiger partial charge is 0.441 e. The molecule has 6 nitrogen and oxygen atoms in total. The highest BCUT2D eigenvalue weighted by molar-refractivity contribution is 7.84. The number of hydrogen-bond donors (Lipinski definition) is 0. The summed E-state index contributed by atoms with van der Waals surface area (Å²) < 4.78 is 23.0. The van der Waals surface area contributed by atoms with E-state index in [4.69, 9.17) is 32.1 Å². The van der Waals surface area contributed by atoms with Gasteiger partial charge in [-0.1, -0.05) is 11.6 Å². The van der Waals surface area contributed by atoms with Crippen molar-refractivity contribution < 1.29 is 23.4 Å². The second-order valence-electron chi connectivity index (χ2n) is 4.58. The Morgan fingerprint density at radius 3 is 2.76 bits per heavy atom. The molecule has 0 saturated carbocycles. The molecular weight excluding hydrogens is 340 g/mol. The minimum Gasteiger partial charge on any atom is -0.462 e. The van der Waals surface area contributed by atoms with Gasteiger partial charge in [0.25, 0.3) is 5.91 Å². The molecule has 0 radical (unpaired) electrons. The van der Waals surface area contributed by atoms with E-state index in [1.54, 1.807) is 13.8 Å². The van der Waals surface area contributed by atoms with Gasteiger partial charge in [0.1, 0.15) is 12.3 Å². The van der Waals surface area contributed by atoms with E-state index < -0.39 is 25.3 Å². The summed E-state index contributed by atoms with van der Waals surface area (Å²) in [5.41, 5.74) is 0.0898. The third kappa shape index (κ3) is 3.51. The summed E-state index contributed by atoms with van der Waals surface area (Å²) in [5.74, 6) is -1.36. The van der Waals surface area contributed by atoms with Crippen molar-refractivity contribution in [3.8, 4) is 5.75 Å². The van der Waals surface area contributed by atoms with Crippen molar-refractivity contribution in [1.82, 2.24) is 4.67 Å². The Labute approximate surface area is 131 Å². The van der Waals surface area contributed by atoms with Crippen molar-refractivity contribution in [2.24, 2.45) is 0 Å². The molecule has 1 aliphatic rings. The minimum absolute atomic E-state index is 0.0659. The Morgan fingerprint density at radius 2 is 2.14 bits per heavy atom. The minimum atomic E-state index is -3.99. The van der Waals surface area contributed by atoms with Crippen LogP contribution in [0.2, 0.25) is 5.02 Å². The first-order valence-corrected chi connectivity index (χ1v) is 8.87. The third-order valence-corrected chi connectivity index (χ3v) is 4.86. The maximum absolute atomic E-state index is 12.3. The molecule has 1 amide bonds. The molecule has 0 fully saturated rings. The zero-order chi connectivity index (χ0) is 15.8. The number of carbonyl (C=O) groups excluding carboxylic acids is 2. The van der Waals surface area contributed by atoms with Gasteiger partial charge < -0.3 is 9.26 Å². The number of fused-ring (bicyclic) bond motifs is 1.